The second kappa shape index (κ2) is 7.79. The van der Waals surface area contributed by atoms with Gasteiger partial charge >= 0.3 is 5.97 Å². The molecule has 3 rings (SSSR count). The van der Waals surface area contributed by atoms with Crippen molar-refractivity contribution in [1.82, 2.24) is 9.78 Å². The predicted octanol–water partition coefficient (Wildman–Crippen LogP) is 1.71. The molecule has 0 radical (unpaired) electrons. The van der Waals surface area contributed by atoms with E-state index in [1.54, 1.807) is 24.7 Å². The molecule has 0 unspecified atom stereocenters. The van der Waals surface area contributed by atoms with E-state index >= 15 is 0 Å². The maximum Gasteiger partial charge on any atom is 0.311 e. The summed E-state index contributed by atoms with van der Waals surface area (Å²) in [5.74, 6) is -2.81. The molecule has 0 saturated carbocycles. The monoisotopic (exact) mass is 388 g/mol. The number of ether oxygens (including phenoxy) is 1. The normalized spacial score (nSPS) is 16.4. The lowest BCUT2D eigenvalue weighted by molar-refractivity contribution is -0.151. The maximum absolute atomic E-state index is 13.9. The summed E-state index contributed by atoms with van der Waals surface area (Å²) in [6.07, 6.45) is -0.0877. The number of hydrogen-bond donors (Lipinski definition) is 1. The molecule has 2 heterocycles. The third kappa shape index (κ3) is 3.88. The summed E-state index contributed by atoms with van der Waals surface area (Å²) in [5.41, 5.74) is 2.13. The van der Waals surface area contributed by atoms with Crippen molar-refractivity contribution < 1.29 is 23.5 Å². The Balaban J connectivity index is 1.56. The molecular formula is C19H21FN4O4. The second-order valence-electron chi connectivity index (χ2n) is 6.68. The number of hydrogen-bond acceptors (Lipinski definition) is 5. The van der Waals surface area contributed by atoms with Gasteiger partial charge in [0, 0.05) is 20.0 Å². The fraction of sp³-hybridized carbons (Fsp3) is 0.368. The number of amides is 2. The van der Waals surface area contributed by atoms with Gasteiger partial charge in [-0.15, -0.1) is 0 Å². The van der Waals surface area contributed by atoms with E-state index in [1.807, 2.05) is 6.92 Å². The third-order valence-corrected chi connectivity index (χ3v) is 4.72. The Morgan fingerprint density at radius 2 is 2.04 bits per heavy atom. The molecule has 28 heavy (non-hydrogen) atoms. The molecule has 8 nitrogen and oxygen atoms in total. The van der Waals surface area contributed by atoms with Crippen molar-refractivity contribution in [2.45, 2.75) is 20.3 Å². The van der Waals surface area contributed by atoms with Crippen LogP contribution in [0.25, 0.3) is 0 Å². The molecule has 2 aromatic rings. The molecule has 1 saturated heterocycles. The first-order valence-electron chi connectivity index (χ1n) is 8.79. The van der Waals surface area contributed by atoms with Gasteiger partial charge in [0.25, 0.3) is 5.91 Å². The van der Waals surface area contributed by atoms with Gasteiger partial charge in [-0.05, 0) is 26.0 Å². The number of nitrogens with one attached hydrogen (secondary N) is 1. The second-order valence-corrected chi connectivity index (χ2v) is 6.68. The smallest absolute Gasteiger partial charge is 0.311 e. The fourth-order valence-corrected chi connectivity index (χ4v) is 3.15. The molecule has 1 fully saturated rings. The zero-order valence-corrected chi connectivity index (χ0v) is 15.9. The van der Waals surface area contributed by atoms with Crippen molar-refractivity contribution >= 4 is 29.2 Å². The van der Waals surface area contributed by atoms with Crippen LogP contribution in [0.4, 0.5) is 15.8 Å². The molecular weight excluding hydrogens is 367 g/mol. The van der Waals surface area contributed by atoms with Crippen LogP contribution in [0.15, 0.2) is 24.3 Å². The highest BCUT2D eigenvalue weighted by Crippen LogP contribution is 2.27. The molecule has 1 atom stereocenters. The number of aromatic nitrogens is 2. The van der Waals surface area contributed by atoms with Crippen molar-refractivity contribution in [1.29, 1.82) is 0 Å². The Labute approximate surface area is 161 Å². The van der Waals surface area contributed by atoms with E-state index < -0.39 is 30.2 Å². The van der Waals surface area contributed by atoms with E-state index in [2.05, 4.69) is 10.4 Å². The van der Waals surface area contributed by atoms with Gasteiger partial charge in [-0.1, -0.05) is 12.1 Å². The molecule has 1 aliphatic rings. The first-order valence-corrected chi connectivity index (χ1v) is 8.79. The van der Waals surface area contributed by atoms with Crippen LogP contribution in [0, 0.1) is 25.6 Å². The number of carbonyl (C=O) groups excluding carboxylic acids is 3. The summed E-state index contributed by atoms with van der Waals surface area (Å²) in [6.45, 7) is 3.11. The summed E-state index contributed by atoms with van der Waals surface area (Å²) in [5, 5.41) is 6.86. The van der Waals surface area contributed by atoms with Gasteiger partial charge < -0.3 is 15.0 Å². The van der Waals surface area contributed by atoms with E-state index in [-0.39, 0.29) is 24.6 Å². The van der Waals surface area contributed by atoms with E-state index in [0.717, 1.165) is 5.69 Å². The Kier molecular flexibility index (Phi) is 5.43. The Hall–Kier alpha value is -3.23. The molecule has 1 aliphatic heterocycles. The lowest BCUT2D eigenvalue weighted by Crippen LogP contribution is -2.28. The number of esters is 1. The number of rotatable bonds is 5. The topological polar surface area (TPSA) is 93.5 Å². The predicted molar refractivity (Wildman–Crippen MR) is 99.1 cm³/mol. The number of halogens is 1. The van der Waals surface area contributed by atoms with Crippen molar-refractivity contribution in [3.8, 4) is 0 Å². The first kappa shape index (κ1) is 19.5. The molecule has 0 bridgehead atoms. The van der Waals surface area contributed by atoms with Crippen LogP contribution in [-0.2, 0) is 26.2 Å². The van der Waals surface area contributed by atoms with E-state index in [0.29, 0.717) is 11.4 Å². The number of aryl methyl sites for hydroxylation is 2. The van der Waals surface area contributed by atoms with Gasteiger partial charge in [-0.2, -0.15) is 5.10 Å². The number of anilines is 2. The molecule has 2 amide bonds. The SMILES string of the molecule is Cc1nn(C)c(C)c1NC(=O)COC(=O)[C@H]1CC(=O)N(c2ccccc2F)C1. The average Bonchev–Trinajstić information content (AvgIpc) is 3.15. The minimum absolute atomic E-state index is 0.0149. The van der Waals surface area contributed by atoms with Gasteiger partial charge in [0.05, 0.1) is 28.7 Å². The summed E-state index contributed by atoms with van der Waals surface area (Å²) in [7, 11) is 1.76. The van der Waals surface area contributed by atoms with Crippen LogP contribution in [0.3, 0.4) is 0 Å². The molecule has 1 aromatic heterocycles. The van der Waals surface area contributed by atoms with Crippen molar-refractivity contribution in [2.75, 3.05) is 23.4 Å². The fourth-order valence-electron chi connectivity index (χ4n) is 3.15. The van der Waals surface area contributed by atoms with Gasteiger partial charge in [0.1, 0.15) is 5.82 Å². The summed E-state index contributed by atoms with van der Waals surface area (Å²) in [6, 6.07) is 5.87. The molecule has 1 aromatic carbocycles. The van der Waals surface area contributed by atoms with E-state index in [4.69, 9.17) is 4.74 Å². The Bertz CT molecular complexity index is 940. The average molecular weight is 388 g/mol. The maximum atomic E-state index is 13.9. The van der Waals surface area contributed by atoms with Crippen molar-refractivity contribution in [3.05, 3.63) is 41.5 Å². The van der Waals surface area contributed by atoms with E-state index in [1.165, 1.54) is 23.1 Å². The first-order chi connectivity index (χ1) is 13.3. The zero-order chi connectivity index (χ0) is 20.4. The Morgan fingerprint density at radius 1 is 1.32 bits per heavy atom. The molecule has 0 spiro atoms. The highest BCUT2D eigenvalue weighted by Gasteiger charge is 2.37. The quantitative estimate of drug-likeness (QED) is 0.787. The van der Waals surface area contributed by atoms with Crippen LogP contribution >= 0.6 is 0 Å². The highest BCUT2D eigenvalue weighted by molar-refractivity contribution is 6.00. The largest absolute Gasteiger partial charge is 0.455 e. The standard InChI is InChI=1S/C19H21FN4O4/c1-11-18(12(2)23(3)22-11)21-16(25)10-28-19(27)13-8-17(26)24(9-13)15-7-5-4-6-14(15)20/h4-7,13H,8-10H2,1-3H3,(H,21,25)/t13-/m0/s1. The molecule has 1 N–H and O–H groups in total. The number of nitrogens with zero attached hydrogens (tertiary/aromatic N) is 3. The van der Waals surface area contributed by atoms with Crippen molar-refractivity contribution in [2.24, 2.45) is 13.0 Å². The van der Waals surface area contributed by atoms with Crippen LogP contribution in [0.1, 0.15) is 17.8 Å². The van der Waals surface area contributed by atoms with E-state index in [9.17, 15) is 18.8 Å². The van der Waals surface area contributed by atoms with Gasteiger partial charge in [0.15, 0.2) is 6.61 Å². The number of para-hydroxylation sites is 1. The lowest BCUT2D eigenvalue weighted by atomic mass is 10.1. The van der Waals surface area contributed by atoms with Crippen LogP contribution in [0.2, 0.25) is 0 Å². The summed E-state index contributed by atoms with van der Waals surface area (Å²) < 4.78 is 20.6. The van der Waals surface area contributed by atoms with Crippen LogP contribution in [0.5, 0.6) is 0 Å². The number of carbonyl (C=O) groups is 3. The molecule has 148 valence electrons. The minimum Gasteiger partial charge on any atom is -0.455 e. The van der Waals surface area contributed by atoms with Gasteiger partial charge in [-0.25, -0.2) is 4.39 Å². The molecule has 9 heteroatoms. The van der Waals surface area contributed by atoms with Crippen molar-refractivity contribution in [3.63, 3.8) is 0 Å². The van der Waals surface area contributed by atoms with Gasteiger partial charge in [-0.3, -0.25) is 19.1 Å². The van der Waals surface area contributed by atoms with Crippen LogP contribution in [-0.4, -0.2) is 40.7 Å². The summed E-state index contributed by atoms with van der Waals surface area (Å²) in [4.78, 5) is 37.7. The molecule has 0 aliphatic carbocycles. The third-order valence-electron chi connectivity index (χ3n) is 4.72. The Morgan fingerprint density at radius 3 is 2.68 bits per heavy atom. The number of benzene rings is 1. The summed E-state index contributed by atoms with van der Waals surface area (Å²) >= 11 is 0. The lowest BCUT2D eigenvalue weighted by Gasteiger charge is -2.17. The minimum atomic E-state index is -0.748. The highest BCUT2D eigenvalue weighted by atomic mass is 19.1. The zero-order valence-electron chi connectivity index (χ0n) is 15.9. The van der Waals surface area contributed by atoms with Gasteiger partial charge in [0.2, 0.25) is 5.91 Å². The van der Waals surface area contributed by atoms with Crippen LogP contribution < -0.4 is 10.2 Å².